The van der Waals surface area contributed by atoms with E-state index in [2.05, 4.69) is 25.2 Å². The van der Waals surface area contributed by atoms with Crippen LogP contribution in [0.15, 0.2) is 18.2 Å². The van der Waals surface area contributed by atoms with Gasteiger partial charge in [-0.25, -0.2) is 0 Å². The van der Waals surface area contributed by atoms with Crippen molar-refractivity contribution in [3.05, 3.63) is 33.8 Å². The van der Waals surface area contributed by atoms with Gasteiger partial charge >= 0.3 is 0 Å². The van der Waals surface area contributed by atoms with Crippen LogP contribution in [0.25, 0.3) is 0 Å². The smallest absolute Gasteiger partial charge is 0.0595 e. The van der Waals surface area contributed by atoms with Crippen molar-refractivity contribution in [3.8, 4) is 0 Å². The second kappa shape index (κ2) is 4.32. The molecule has 0 saturated carbocycles. The summed E-state index contributed by atoms with van der Waals surface area (Å²) in [6.45, 7) is 4.44. The fraction of sp³-hybridized carbons (Fsp3) is 0.500. The molecule has 0 amide bonds. The Morgan fingerprint density at radius 2 is 1.93 bits per heavy atom. The summed E-state index contributed by atoms with van der Waals surface area (Å²) in [4.78, 5) is 0. The molecule has 0 aliphatic carbocycles. The van der Waals surface area contributed by atoms with Crippen molar-refractivity contribution >= 4 is 23.2 Å². The Kier molecular flexibility index (Phi) is 3.24. The summed E-state index contributed by atoms with van der Waals surface area (Å²) in [6.07, 6.45) is 1.17. The average Bonchev–Trinajstić information content (AvgIpc) is 2.50. The molecule has 2 rings (SSSR count). The van der Waals surface area contributed by atoms with Gasteiger partial charge in [-0.3, -0.25) is 0 Å². The van der Waals surface area contributed by atoms with E-state index in [0.717, 1.165) is 0 Å². The van der Waals surface area contributed by atoms with Crippen LogP contribution in [0.3, 0.4) is 0 Å². The van der Waals surface area contributed by atoms with E-state index >= 15 is 0 Å². The molecule has 1 N–H and O–H groups in total. The molecule has 1 aliphatic heterocycles. The minimum absolute atomic E-state index is 0.511. The zero-order valence-corrected chi connectivity index (χ0v) is 10.4. The first-order valence-corrected chi connectivity index (χ1v) is 6.04. The summed E-state index contributed by atoms with van der Waals surface area (Å²) in [7, 11) is 0. The Bertz CT molecular complexity index is 365. The predicted octanol–water partition coefficient (Wildman–Crippen LogP) is 3.85. The number of rotatable bonds is 1. The molecular weight excluding hydrogens is 229 g/mol. The van der Waals surface area contributed by atoms with E-state index in [1.807, 2.05) is 12.1 Å². The molecule has 0 bridgehead atoms. The number of nitrogens with one attached hydrogen (secondary N) is 1. The van der Waals surface area contributed by atoms with Crippen LogP contribution in [0.5, 0.6) is 0 Å². The van der Waals surface area contributed by atoms with Crippen molar-refractivity contribution < 1.29 is 0 Å². The normalized spacial score (nSPS) is 30.8. The van der Waals surface area contributed by atoms with Gasteiger partial charge < -0.3 is 5.32 Å². The highest BCUT2D eigenvalue weighted by atomic mass is 35.5. The number of halogens is 2. The molecule has 1 aromatic rings. The van der Waals surface area contributed by atoms with E-state index in [4.69, 9.17) is 23.2 Å². The molecule has 0 spiro atoms. The maximum absolute atomic E-state index is 6.02. The monoisotopic (exact) mass is 243 g/mol. The highest BCUT2D eigenvalue weighted by molar-refractivity contribution is 6.42. The first kappa shape index (κ1) is 11.3. The van der Waals surface area contributed by atoms with Crippen LogP contribution < -0.4 is 5.32 Å². The molecule has 1 aliphatic rings. The third-order valence-corrected chi connectivity index (χ3v) is 3.87. The maximum Gasteiger partial charge on any atom is 0.0595 e. The highest BCUT2D eigenvalue weighted by Crippen LogP contribution is 2.33. The van der Waals surface area contributed by atoms with Crippen molar-refractivity contribution in [3.63, 3.8) is 0 Å². The van der Waals surface area contributed by atoms with Gasteiger partial charge in [0.05, 0.1) is 10.0 Å². The minimum atomic E-state index is 0.511. The largest absolute Gasteiger partial charge is 0.311 e. The Morgan fingerprint density at radius 3 is 2.47 bits per heavy atom. The van der Waals surface area contributed by atoms with Gasteiger partial charge in [0.2, 0.25) is 0 Å². The molecule has 3 unspecified atom stereocenters. The lowest BCUT2D eigenvalue weighted by Crippen LogP contribution is -2.26. The van der Waals surface area contributed by atoms with E-state index in [1.165, 1.54) is 12.0 Å². The van der Waals surface area contributed by atoms with Crippen LogP contribution in [0.4, 0.5) is 0 Å². The molecule has 3 heteroatoms. The Labute approximate surface area is 101 Å². The summed E-state index contributed by atoms with van der Waals surface area (Å²) >= 11 is 11.9. The molecule has 0 radical (unpaired) electrons. The Hall–Kier alpha value is -0.240. The standard InChI is InChI=1S/C12H15Cl2N/c1-7-5-10(8(2)15-7)9-3-4-11(13)12(14)6-9/h3-4,6-8,10,15H,5H2,1-2H3. The van der Waals surface area contributed by atoms with E-state index in [1.54, 1.807) is 0 Å². The van der Waals surface area contributed by atoms with Crippen molar-refractivity contribution in [2.24, 2.45) is 0 Å². The van der Waals surface area contributed by atoms with Gasteiger partial charge in [-0.05, 0) is 38.0 Å². The minimum Gasteiger partial charge on any atom is -0.311 e. The molecule has 3 atom stereocenters. The molecule has 1 nitrogen and oxygen atoms in total. The summed E-state index contributed by atoms with van der Waals surface area (Å²) < 4.78 is 0. The Morgan fingerprint density at radius 1 is 1.20 bits per heavy atom. The van der Waals surface area contributed by atoms with E-state index < -0.39 is 0 Å². The quantitative estimate of drug-likeness (QED) is 0.791. The molecule has 1 saturated heterocycles. The summed E-state index contributed by atoms with van der Waals surface area (Å²) in [6, 6.07) is 7.05. The first-order valence-electron chi connectivity index (χ1n) is 5.29. The first-order chi connectivity index (χ1) is 7.08. The van der Waals surface area contributed by atoms with Gasteiger partial charge in [-0.15, -0.1) is 0 Å². The second-order valence-electron chi connectivity index (χ2n) is 4.37. The lowest BCUT2D eigenvalue weighted by atomic mass is 9.92. The molecule has 0 aromatic heterocycles. The van der Waals surface area contributed by atoms with Gasteiger partial charge in [0.15, 0.2) is 0 Å². The Balaban J connectivity index is 2.26. The highest BCUT2D eigenvalue weighted by Gasteiger charge is 2.29. The van der Waals surface area contributed by atoms with E-state index in [0.29, 0.717) is 28.0 Å². The molecular formula is C12H15Cl2N. The van der Waals surface area contributed by atoms with Gasteiger partial charge in [0.25, 0.3) is 0 Å². The zero-order valence-electron chi connectivity index (χ0n) is 8.93. The van der Waals surface area contributed by atoms with Gasteiger partial charge in [-0.1, -0.05) is 29.3 Å². The summed E-state index contributed by atoms with van der Waals surface area (Å²) in [5, 5.41) is 4.81. The van der Waals surface area contributed by atoms with Crippen LogP contribution in [0, 0.1) is 0 Å². The number of benzene rings is 1. The summed E-state index contributed by atoms with van der Waals surface area (Å²) in [5.41, 5.74) is 1.29. The van der Waals surface area contributed by atoms with E-state index in [-0.39, 0.29) is 0 Å². The van der Waals surface area contributed by atoms with Crippen LogP contribution in [-0.4, -0.2) is 12.1 Å². The van der Waals surface area contributed by atoms with Crippen molar-refractivity contribution in [2.75, 3.05) is 0 Å². The van der Waals surface area contributed by atoms with Crippen molar-refractivity contribution in [2.45, 2.75) is 38.3 Å². The number of hydrogen-bond acceptors (Lipinski definition) is 1. The van der Waals surface area contributed by atoms with Crippen LogP contribution in [0.1, 0.15) is 31.7 Å². The molecule has 1 heterocycles. The average molecular weight is 244 g/mol. The van der Waals surface area contributed by atoms with Gasteiger partial charge in [0.1, 0.15) is 0 Å². The molecule has 82 valence electrons. The fourth-order valence-electron chi connectivity index (χ4n) is 2.39. The lowest BCUT2D eigenvalue weighted by molar-refractivity contribution is 0.575. The van der Waals surface area contributed by atoms with Gasteiger partial charge in [0, 0.05) is 18.0 Å². The van der Waals surface area contributed by atoms with E-state index in [9.17, 15) is 0 Å². The number of hydrogen-bond donors (Lipinski definition) is 1. The lowest BCUT2D eigenvalue weighted by Gasteiger charge is -2.15. The molecule has 15 heavy (non-hydrogen) atoms. The maximum atomic E-state index is 6.02. The third-order valence-electron chi connectivity index (χ3n) is 3.13. The fourth-order valence-corrected chi connectivity index (χ4v) is 2.69. The predicted molar refractivity (Wildman–Crippen MR) is 65.9 cm³/mol. The third kappa shape index (κ3) is 2.30. The van der Waals surface area contributed by atoms with Gasteiger partial charge in [-0.2, -0.15) is 0 Å². The van der Waals surface area contributed by atoms with Crippen LogP contribution in [-0.2, 0) is 0 Å². The van der Waals surface area contributed by atoms with Crippen molar-refractivity contribution in [1.82, 2.24) is 5.32 Å². The SMILES string of the molecule is CC1CC(c2ccc(Cl)c(Cl)c2)C(C)N1. The van der Waals surface area contributed by atoms with Crippen LogP contribution in [0.2, 0.25) is 10.0 Å². The zero-order chi connectivity index (χ0) is 11.0. The topological polar surface area (TPSA) is 12.0 Å². The van der Waals surface area contributed by atoms with Crippen molar-refractivity contribution in [1.29, 1.82) is 0 Å². The second-order valence-corrected chi connectivity index (χ2v) is 5.19. The summed E-state index contributed by atoms with van der Waals surface area (Å²) in [5.74, 6) is 0.551. The molecule has 1 fully saturated rings. The molecule has 1 aromatic carbocycles. The van der Waals surface area contributed by atoms with Crippen LogP contribution >= 0.6 is 23.2 Å².